The number of hydrogen-bond acceptors (Lipinski definition) is 5. The predicted octanol–water partition coefficient (Wildman–Crippen LogP) is 2.63. The molecule has 2 N–H and O–H groups in total. The lowest BCUT2D eigenvalue weighted by molar-refractivity contribution is 0.0945. The van der Waals surface area contributed by atoms with Gasteiger partial charge in [-0.2, -0.15) is 0 Å². The minimum absolute atomic E-state index is 0.247. The third-order valence-electron chi connectivity index (χ3n) is 3.52. The van der Waals surface area contributed by atoms with Crippen molar-refractivity contribution in [1.82, 2.24) is 15.5 Å². The molecule has 6 heteroatoms. The fraction of sp³-hybridized carbons (Fsp3) is 0.353. The first-order valence-electron chi connectivity index (χ1n) is 7.63. The van der Waals surface area contributed by atoms with E-state index in [2.05, 4.69) is 34.7 Å². The number of ether oxygens (including phenoxy) is 1. The van der Waals surface area contributed by atoms with Gasteiger partial charge >= 0.3 is 0 Å². The van der Waals surface area contributed by atoms with Crippen molar-refractivity contribution in [2.24, 2.45) is 0 Å². The normalized spacial score (nSPS) is 11.6. The number of carbonyl (C=O) groups excluding carboxylic acids is 1. The van der Waals surface area contributed by atoms with E-state index in [1.165, 1.54) is 0 Å². The SMILES string of the molecule is CCC(C)Nc1ccc(C(=O)NCc2ccc(OC)cc2)nn1. The molecule has 0 bridgehead atoms. The van der Waals surface area contributed by atoms with E-state index in [0.717, 1.165) is 17.7 Å². The summed E-state index contributed by atoms with van der Waals surface area (Å²) in [5, 5.41) is 14.0. The summed E-state index contributed by atoms with van der Waals surface area (Å²) in [5.74, 6) is 1.21. The van der Waals surface area contributed by atoms with Crippen molar-refractivity contribution in [2.75, 3.05) is 12.4 Å². The van der Waals surface area contributed by atoms with Gasteiger partial charge in [-0.3, -0.25) is 4.79 Å². The molecule has 0 aliphatic carbocycles. The maximum atomic E-state index is 12.1. The molecule has 6 nitrogen and oxygen atoms in total. The highest BCUT2D eigenvalue weighted by atomic mass is 16.5. The molecule has 23 heavy (non-hydrogen) atoms. The van der Waals surface area contributed by atoms with Crippen molar-refractivity contribution in [3.8, 4) is 5.75 Å². The van der Waals surface area contributed by atoms with Crippen molar-refractivity contribution in [1.29, 1.82) is 0 Å². The lowest BCUT2D eigenvalue weighted by Gasteiger charge is -2.11. The Hall–Kier alpha value is -2.63. The number of amides is 1. The van der Waals surface area contributed by atoms with Crippen molar-refractivity contribution < 1.29 is 9.53 Å². The molecule has 0 saturated heterocycles. The Balaban J connectivity index is 1.89. The zero-order valence-electron chi connectivity index (χ0n) is 13.7. The van der Waals surface area contributed by atoms with Crippen LogP contribution in [0.4, 0.5) is 5.82 Å². The monoisotopic (exact) mass is 314 g/mol. The Kier molecular flexibility index (Phi) is 5.91. The molecule has 122 valence electrons. The maximum absolute atomic E-state index is 12.1. The van der Waals surface area contributed by atoms with Gasteiger partial charge in [0.25, 0.3) is 5.91 Å². The molecule has 0 fully saturated rings. The number of benzene rings is 1. The van der Waals surface area contributed by atoms with Crippen LogP contribution in [0.15, 0.2) is 36.4 Å². The van der Waals surface area contributed by atoms with E-state index in [-0.39, 0.29) is 5.91 Å². The third kappa shape index (κ3) is 4.95. The average molecular weight is 314 g/mol. The second-order valence-corrected chi connectivity index (χ2v) is 5.29. The van der Waals surface area contributed by atoms with Crippen LogP contribution in [-0.2, 0) is 6.54 Å². The molecule has 0 radical (unpaired) electrons. The molecule has 1 aromatic carbocycles. The number of hydrogen-bond donors (Lipinski definition) is 2. The van der Waals surface area contributed by atoms with E-state index in [4.69, 9.17) is 4.74 Å². The number of rotatable bonds is 7. The van der Waals surface area contributed by atoms with E-state index in [0.29, 0.717) is 24.1 Å². The van der Waals surface area contributed by atoms with Gasteiger partial charge < -0.3 is 15.4 Å². The van der Waals surface area contributed by atoms with Crippen LogP contribution in [0.1, 0.15) is 36.3 Å². The molecule has 1 amide bonds. The molecule has 2 aromatic rings. The molecular weight excluding hydrogens is 292 g/mol. The number of nitrogens with one attached hydrogen (secondary N) is 2. The summed E-state index contributed by atoms with van der Waals surface area (Å²) >= 11 is 0. The molecular formula is C17H22N4O2. The van der Waals surface area contributed by atoms with Gasteiger partial charge in [-0.05, 0) is 43.2 Å². The Labute approximate surface area is 136 Å². The first-order valence-corrected chi connectivity index (χ1v) is 7.63. The fourth-order valence-electron chi connectivity index (χ4n) is 1.90. The first kappa shape index (κ1) is 16.7. The second-order valence-electron chi connectivity index (χ2n) is 5.29. The van der Waals surface area contributed by atoms with Crippen LogP contribution in [0.2, 0.25) is 0 Å². The van der Waals surface area contributed by atoms with Gasteiger partial charge in [0.05, 0.1) is 7.11 Å². The highest BCUT2D eigenvalue weighted by molar-refractivity contribution is 5.92. The lowest BCUT2D eigenvalue weighted by Crippen LogP contribution is -2.24. The number of anilines is 1. The van der Waals surface area contributed by atoms with Crippen molar-refractivity contribution in [2.45, 2.75) is 32.9 Å². The Bertz CT molecular complexity index is 626. The minimum atomic E-state index is -0.247. The molecule has 0 spiro atoms. The second kappa shape index (κ2) is 8.12. The Morgan fingerprint density at radius 1 is 1.17 bits per heavy atom. The van der Waals surface area contributed by atoms with Gasteiger partial charge in [0, 0.05) is 12.6 Å². The topological polar surface area (TPSA) is 76.1 Å². The molecule has 1 unspecified atom stereocenters. The van der Waals surface area contributed by atoms with Crippen LogP contribution >= 0.6 is 0 Å². The van der Waals surface area contributed by atoms with E-state index in [9.17, 15) is 4.79 Å². The summed E-state index contributed by atoms with van der Waals surface area (Å²) in [7, 11) is 1.62. The first-order chi connectivity index (χ1) is 11.1. The fourth-order valence-corrected chi connectivity index (χ4v) is 1.90. The Morgan fingerprint density at radius 2 is 1.91 bits per heavy atom. The summed E-state index contributed by atoms with van der Waals surface area (Å²) in [6.45, 7) is 4.58. The molecule has 0 aliphatic heterocycles. The zero-order valence-corrected chi connectivity index (χ0v) is 13.7. The van der Waals surface area contributed by atoms with Gasteiger partial charge in [0.15, 0.2) is 5.69 Å². The summed E-state index contributed by atoms with van der Waals surface area (Å²) in [4.78, 5) is 12.1. The third-order valence-corrected chi connectivity index (χ3v) is 3.52. The van der Waals surface area contributed by atoms with Crippen molar-refractivity contribution in [3.05, 3.63) is 47.7 Å². The number of nitrogens with zero attached hydrogens (tertiary/aromatic N) is 2. The van der Waals surface area contributed by atoms with Crippen LogP contribution in [0, 0.1) is 0 Å². The maximum Gasteiger partial charge on any atom is 0.272 e. The standard InChI is InChI=1S/C17H22N4O2/c1-4-12(2)19-16-10-9-15(20-21-16)17(22)18-11-13-5-7-14(23-3)8-6-13/h5-10,12H,4,11H2,1-3H3,(H,18,22)(H,19,21). The van der Waals surface area contributed by atoms with Crippen LogP contribution in [0.3, 0.4) is 0 Å². The van der Waals surface area contributed by atoms with E-state index in [1.807, 2.05) is 24.3 Å². The average Bonchev–Trinajstić information content (AvgIpc) is 2.60. The highest BCUT2D eigenvalue weighted by Crippen LogP contribution is 2.11. The van der Waals surface area contributed by atoms with Gasteiger partial charge in [-0.15, -0.1) is 10.2 Å². The zero-order chi connectivity index (χ0) is 16.7. The van der Waals surface area contributed by atoms with Gasteiger partial charge in [-0.25, -0.2) is 0 Å². The summed E-state index contributed by atoms with van der Waals surface area (Å²) in [5.41, 5.74) is 1.29. The van der Waals surface area contributed by atoms with Crippen LogP contribution in [-0.4, -0.2) is 29.3 Å². The lowest BCUT2D eigenvalue weighted by atomic mass is 10.2. The molecule has 2 rings (SSSR count). The van der Waals surface area contributed by atoms with E-state index >= 15 is 0 Å². The van der Waals surface area contributed by atoms with E-state index in [1.54, 1.807) is 19.2 Å². The minimum Gasteiger partial charge on any atom is -0.497 e. The summed E-state index contributed by atoms with van der Waals surface area (Å²) < 4.78 is 5.10. The summed E-state index contributed by atoms with van der Waals surface area (Å²) in [6.07, 6.45) is 0.992. The summed E-state index contributed by atoms with van der Waals surface area (Å²) in [6, 6.07) is 11.3. The van der Waals surface area contributed by atoms with Gasteiger partial charge in [0.1, 0.15) is 11.6 Å². The number of aromatic nitrogens is 2. The molecule has 0 aliphatic rings. The van der Waals surface area contributed by atoms with Crippen LogP contribution < -0.4 is 15.4 Å². The molecule has 1 heterocycles. The molecule has 1 atom stereocenters. The molecule has 1 aromatic heterocycles. The number of methoxy groups -OCH3 is 1. The van der Waals surface area contributed by atoms with E-state index < -0.39 is 0 Å². The highest BCUT2D eigenvalue weighted by Gasteiger charge is 2.08. The number of carbonyl (C=O) groups is 1. The van der Waals surface area contributed by atoms with Crippen LogP contribution in [0.25, 0.3) is 0 Å². The quantitative estimate of drug-likeness (QED) is 0.821. The largest absolute Gasteiger partial charge is 0.497 e. The predicted molar refractivity (Wildman–Crippen MR) is 89.6 cm³/mol. The van der Waals surface area contributed by atoms with Crippen molar-refractivity contribution >= 4 is 11.7 Å². The molecule has 0 saturated carbocycles. The Morgan fingerprint density at radius 3 is 2.48 bits per heavy atom. The smallest absolute Gasteiger partial charge is 0.272 e. The van der Waals surface area contributed by atoms with Gasteiger partial charge in [0.2, 0.25) is 0 Å². The van der Waals surface area contributed by atoms with Gasteiger partial charge in [-0.1, -0.05) is 19.1 Å². The van der Waals surface area contributed by atoms with Crippen LogP contribution in [0.5, 0.6) is 5.75 Å². The van der Waals surface area contributed by atoms with Crippen molar-refractivity contribution in [3.63, 3.8) is 0 Å².